The number of hydrogen-bond acceptors (Lipinski definition) is 4. The van der Waals surface area contributed by atoms with Gasteiger partial charge in [-0.1, -0.05) is 6.42 Å². The molecule has 1 fully saturated rings. The van der Waals surface area contributed by atoms with Crippen LogP contribution in [0.1, 0.15) is 25.0 Å². The Bertz CT molecular complexity index is 854. The molecule has 130 valence electrons. The van der Waals surface area contributed by atoms with Crippen molar-refractivity contribution in [3.05, 3.63) is 35.8 Å². The van der Waals surface area contributed by atoms with Crippen molar-refractivity contribution in [2.75, 3.05) is 18.1 Å². The third-order valence-corrected chi connectivity index (χ3v) is 5.21. The van der Waals surface area contributed by atoms with Crippen molar-refractivity contribution < 1.29 is 12.8 Å². The quantitative estimate of drug-likeness (QED) is 0.869. The first-order chi connectivity index (χ1) is 11.3. The molecule has 0 bridgehead atoms. The molecular formula is C17H22FN3O2S. The molecule has 1 heterocycles. The summed E-state index contributed by atoms with van der Waals surface area (Å²) in [6, 6.07) is 6.41. The molecule has 0 aliphatic heterocycles. The molecule has 2 N–H and O–H groups in total. The molecule has 1 aromatic carbocycles. The molecule has 3 rings (SSSR count). The lowest BCUT2D eigenvalue weighted by atomic mass is 10.0. The van der Waals surface area contributed by atoms with Gasteiger partial charge in [0.1, 0.15) is 5.82 Å². The number of hydrogen-bond donors (Lipinski definition) is 2. The van der Waals surface area contributed by atoms with Crippen LogP contribution in [-0.2, 0) is 10.0 Å². The van der Waals surface area contributed by atoms with Crippen LogP contribution in [0.3, 0.4) is 0 Å². The second-order valence-electron chi connectivity index (χ2n) is 6.54. The first-order valence-electron chi connectivity index (χ1n) is 8.10. The fourth-order valence-corrected chi connectivity index (χ4v) is 4.29. The Labute approximate surface area is 141 Å². The molecule has 7 heteroatoms. The van der Waals surface area contributed by atoms with Gasteiger partial charge in [0.2, 0.25) is 10.0 Å². The Morgan fingerprint density at radius 2 is 2.08 bits per heavy atom. The van der Waals surface area contributed by atoms with Gasteiger partial charge in [-0.3, -0.25) is 4.98 Å². The van der Waals surface area contributed by atoms with Gasteiger partial charge in [0.15, 0.2) is 0 Å². The smallest absolute Gasteiger partial charge is 0.208 e. The summed E-state index contributed by atoms with van der Waals surface area (Å²) in [6.45, 7) is 2.54. The summed E-state index contributed by atoms with van der Waals surface area (Å²) in [5.74, 6) is -0.0782. The van der Waals surface area contributed by atoms with E-state index in [1.807, 2.05) is 13.0 Å². The maximum absolute atomic E-state index is 13.6. The molecule has 0 saturated heterocycles. The lowest BCUT2D eigenvalue weighted by molar-refractivity contribution is 0.464. The van der Waals surface area contributed by atoms with Gasteiger partial charge in [-0.25, -0.2) is 17.5 Å². The van der Waals surface area contributed by atoms with Crippen LogP contribution in [0, 0.1) is 18.7 Å². The maximum atomic E-state index is 13.6. The van der Waals surface area contributed by atoms with E-state index in [4.69, 9.17) is 0 Å². The van der Waals surface area contributed by atoms with Gasteiger partial charge in [-0.05, 0) is 49.9 Å². The largest absolute Gasteiger partial charge is 0.384 e. The van der Waals surface area contributed by atoms with Crippen LogP contribution in [0.2, 0.25) is 0 Å². The van der Waals surface area contributed by atoms with E-state index < -0.39 is 10.0 Å². The molecule has 2 unspecified atom stereocenters. The van der Waals surface area contributed by atoms with Gasteiger partial charge >= 0.3 is 0 Å². The number of aromatic nitrogens is 1. The van der Waals surface area contributed by atoms with Crippen LogP contribution in [-0.4, -0.2) is 32.2 Å². The molecule has 0 amide bonds. The van der Waals surface area contributed by atoms with Crippen LogP contribution < -0.4 is 10.0 Å². The SMILES string of the molecule is Cc1cc(NCC2CCCC2NS(C)(=O)=O)c2cc(F)ccc2n1. The van der Waals surface area contributed by atoms with E-state index in [9.17, 15) is 12.8 Å². The molecule has 1 saturated carbocycles. The first-order valence-corrected chi connectivity index (χ1v) is 9.99. The average molecular weight is 351 g/mol. The fourth-order valence-electron chi connectivity index (χ4n) is 3.43. The molecule has 2 aromatic rings. The van der Waals surface area contributed by atoms with Gasteiger partial charge in [-0.15, -0.1) is 0 Å². The summed E-state index contributed by atoms with van der Waals surface area (Å²) >= 11 is 0. The summed E-state index contributed by atoms with van der Waals surface area (Å²) in [5, 5.41) is 4.11. The number of halogens is 1. The number of aryl methyl sites for hydroxylation is 1. The number of nitrogens with zero attached hydrogens (tertiary/aromatic N) is 1. The van der Waals surface area contributed by atoms with Gasteiger partial charge in [-0.2, -0.15) is 0 Å². The minimum atomic E-state index is -3.21. The van der Waals surface area contributed by atoms with Crippen LogP contribution in [0.25, 0.3) is 10.9 Å². The van der Waals surface area contributed by atoms with E-state index in [1.54, 1.807) is 6.07 Å². The number of anilines is 1. The lowest BCUT2D eigenvalue weighted by Crippen LogP contribution is -2.38. The zero-order valence-electron chi connectivity index (χ0n) is 13.8. The van der Waals surface area contributed by atoms with Crippen LogP contribution in [0.5, 0.6) is 0 Å². The monoisotopic (exact) mass is 351 g/mol. The number of benzene rings is 1. The number of pyridine rings is 1. The third-order valence-electron chi connectivity index (χ3n) is 4.48. The Morgan fingerprint density at radius 1 is 1.29 bits per heavy atom. The van der Waals surface area contributed by atoms with Crippen molar-refractivity contribution in [1.82, 2.24) is 9.71 Å². The van der Waals surface area contributed by atoms with E-state index in [0.717, 1.165) is 41.5 Å². The second kappa shape index (κ2) is 6.64. The van der Waals surface area contributed by atoms with Crippen LogP contribution in [0.4, 0.5) is 10.1 Å². The van der Waals surface area contributed by atoms with Crippen LogP contribution in [0.15, 0.2) is 24.3 Å². The Balaban J connectivity index is 1.79. The zero-order chi connectivity index (χ0) is 17.3. The van der Waals surface area contributed by atoms with E-state index in [1.165, 1.54) is 18.4 Å². The molecule has 0 radical (unpaired) electrons. The summed E-state index contributed by atoms with van der Waals surface area (Å²) in [4.78, 5) is 4.42. The van der Waals surface area contributed by atoms with Crippen LogP contribution >= 0.6 is 0 Å². The molecule has 1 aliphatic carbocycles. The van der Waals surface area contributed by atoms with Crippen molar-refractivity contribution >= 4 is 26.6 Å². The maximum Gasteiger partial charge on any atom is 0.208 e. The van der Waals surface area contributed by atoms with Gasteiger partial charge in [0.05, 0.1) is 11.8 Å². The highest BCUT2D eigenvalue weighted by molar-refractivity contribution is 7.88. The minimum Gasteiger partial charge on any atom is -0.384 e. The highest BCUT2D eigenvalue weighted by Crippen LogP contribution is 2.29. The molecule has 1 aliphatic rings. The Kier molecular flexibility index (Phi) is 4.73. The summed E-state index contributed by atoms with van der Waals surface area (Å²) in [7, 11) is -3.21. The normalized spacial score (nSPS) is 21.3. The van der Waals surface area contributed by atoms with Gasteiger partial charge in [0, 0.05) is 29.4 Å². The molecule has 24 heavy (non-hydrogen) atoms. The van der Waals surface area contributed by atoms with Crippen molar-refractivity contribution in [3.8, 4) is 0 Å². The summed E-state index contributed by atoms with van der Waals surface area (Å²) in [6.07, 6.45) is 4.02. The average Bonchev–Trinajstić information content (AvgIpc) is 2.90. The standard InChI is InChI=1S/C17H22FN3O2S/c1-11-8-17(14-9-13(18)6-7-16(14)20-11)19-10-12-4-3-5-15(12)21-24(2,22)23/h6-9,12,15,21H,3-5,10H2,1-2H3,(H,19,20). The summed E-state index contributed by atoms with van der Waals surface area (Å²) in [5.41, 5.74) is 2.44. The van der Waals surface area contributed by atoms with Gasteiger partial charge < -0.3 is 5.32 Å². The van der Waals surface area contributed by atoms with E-state index in [-0.39, 0.29) is 17.8 Å². The van der Waals surface area contributed by atoms with Crippen molar-refractivity contribution in [1.29, 1.82) is 0 Å². The summed E-state index contributed by atoms with van der Waals surface area (Å²) < 4.78 is 39.3. The molecule has 5 nitrogen and oxygen atoms in total. The topological polar surface area (TPSA) is 71.1 Å². The van der Waals surface area contributed by atoms with Crippen molar-refractivity contribution in [3.63, 3.8) is 0 Å². The number of nitrogens with one attached hydrogen (secondary N) is 2. The van der Waals surface area contributed by atoms with Crippen molar-refractivity contribution in [2.45, 2.75) is 32.2 Å². The molecule has 0 spiro atoms. The van der Waals surface area contributed by atoms with Crippen molar-refractivity contribution in [2.24, 2.45) is 5.92 Å². The number of rotatable bonds is 5. The Hall–Kier alpha value is -1.73. The third kappa shape index (κ3) is 4.02. The predicted molar refractivity (Wildman–Crippen MR) is 94.0 cm³/mol. The van der Waals surface area contributed by atoms with E-state index in [2.05, 4.69) is 15.0 Å². The fraction of sp³-hybridized carbons (Fsp3) is 0.471. The lowest BCUT2D eigenvalue weighted by Gasteiger charge is -2.21. The molecule has 1 aromatic heterocycles. The minimum absolute atomic E-state index is 0.0431. The molecular weight excluding hydrogens is 329 g/mol. The van der Waals surface area contributed by atoms with E-state index >= 15 is 0 Å². The first kappa shape index (κ1) is 17.1. The predicted octanol–water partition coefficient (Wildman–Crippen LogP) is 2.81. The molecule has 2 atom stereocenters. The highest BCUT2D eigenvalue weighted by atomic mass is 32.2. The Morgan fingerprint density at radius 3 is 2.83 bits per heavy atom. The van der Waals surface area contributed by atoms with Gasteiger partial charge in [0.25, 0.3) is 0 Å². The van der Waals surface area contributed by atoms with E-state index in [0.29, 0.717) is 6.54 Å². The number of sulfonamides is 1. The second-order valence-corrected chi connectivity index (χ2v) is 8.32. The highest BCUT2D eigenvalue weighted by Gasteiger charge is 2.29. The zero-order valence-corrected chi connectivity index (χ0v) is 14.7. The number of fused-ring (bicyclic) bond motifs is 1.